The summed E-state index contributed by atoms with van der Waals surface area (Å²) in [5.41, 5.74) is 25.2. The van der Waals surface area contributed by atoms with Crippen molar-refractivity contribution in [3.8, 4) is 96.0 Å². The first-order valence-electron chi connectivity index (χ1n) is 31.8. The van der Waals surface area contributed by atoms with Gasteiger partial charge in [0.05, 0.1) is 28.1 Å². The van der Waals surface area contributed by atoms with Gasteiger partial charge in [0.2, 0.25) is 0 Å². The van der Waals surface area contributed by atoms with Crippen LogP contribution in [0.25, 0.3) is 118 Å². The van der Waals surface area contributed by atoms with Crippen LogP contribution in [0.15, 0.2) is 334 Å². The number of hydrogen-bond acceptors (Lipinski definition) is 7. The second-order valence-electron chi connectivity index (χ2n) is 23.9. The van der Waals surface area contributed by atoms with Crippen molar-refractivity contribution >= 4 is 79.0 Å². The molecule has 0 spiro atoms. The molecule has 0 radical (unpaired) electrons. The van der Waals surface area contributed by atoms with E-state index in [1.54, 1.807) is 0 Å². The Labute approximate surface area is 544 Å². The fourth-order valence-electron chi connectivity index (χ4n) is 14.1. The minimum Gasteiger partial charge on any atom is -0.311 e. The molecule has 0 saturated carbocycles. The molecule has 5 heterocycles. The fraction of sp³-hybridized carbons (Fsp3) is 0. The van der Waals surface area contributed by atoms with Crippen LogP contribution in [-0.4, -0.2) is 36.2 Å². The summed E-state index contributed by atoms with van der Waals surface area (Å²) in [5, 5.41) is 2.28. The Hall–Kier alpha value is -12.6. The summed E-state index contributed by atoms with van der Waals surface area (Å²) in [6.45, 7) is 0.0659. The molecule has 18 rings (SSSR count). The number of rotatable bonds is 11. The van der Waals surface area contributed by atoms with Crippen LogP contribution in [0.2, 0.25) is 0 Å². The smallest absolute Gasteiger partial charge is 0.252 e. The maximum atomic E-state index is 5.68. The SMILES string of the molecule is c1ccc(-c2ccc3c(c2)c2ccccc2n3-c2ccc(-c3nc(-c4ccccc4)nc(-c4ccccc4)n3)cc2-c2nc(-c3ccccc3)cc(-c3cccc(-c4ccc(N5c6ccccc6B6c7ccccc7N(c7ccccc7)c7cccc5c76)cc4)c3)n2)cc1. The number of anilines is 6. The highest BCUT2D eigenvalue weighted by Gasteiger charge is 2.43. The number of aromatic nitrogens is 6. The van der Waals surface area contributed by atoms with Crippen LogP contribution in [0.4, 0.5) is 34.1 Å². The van der Waals surface area contributed by atoms with E-state index in [0.717, 1.165) is 106 Å². The Morgan fingerprint density at radius 3 is 1.31 bits per heavy atom. The lowest BCUT2D eigenvalue weighted by Gasteiger charge is -2.44. The van der Waals surface area contributed by atoms with Crippen LogP contribution in [0.1, 0.15) is 0 Å². The first-order valence-corrected chi connectivity index (χ1v) is 31.8. The van der Waals surface area contributed by atoms with E-state index in [1.807, 2.05) is 66.7 Å². The molecule has 0 N–H and O–H groups in total. The van der Waals surface area contributed by atoms with Gasteiger partial charge in [0, 0.05) is 78.3 Å². The second-order valence-corrected chi connectivity index (χ2v) is 23.9. The van der Waals surface area contributed by atoms with E-state index in [9.17, 15) is 0 Å². The van der Waals surface area contributed by atoms with E-state index >= 15 is 0 Å². The van der Waals surface area contributed by atoms with Crippen molar-refractivity contribution in [1.82, 2.24) is 29.5 Å². The van der Waals surface area contributed by atoms with Gasteiger partial charge < -0.3 is 14.4 Å². The van der Waals surface area contributed by atoms with Gasteiger partial charge in [0.15, 0.2) is 23.3 Å². The average Bonchev–Trinajstić information content (AvgIpc) is 0.738. The minimum atomic E-state index is 0.0659. The number of fused-ring (bicyclic) bond motifs is 7. The third-order valence-corrected chi connectivity index (χ3v) is 18.5. The Balaban J connectivity index is 0.787. The first kappa shape index (κ1) is 54.4. The molecule has 0 saturated heterocycles. The molecule has 16 aromatic rings. The predicted molar refractivity (Wildman–Crippen MR) is 387 cm³/mol. The van der Waals surface area contributed by atoms with Crippen molar-refractivity contribution < 1.29 is 0 Å². The Kier molecular flexibility index (Phi) is 13.1. The lowest BCUT2D eigenvalue weighted by Crippen LogP contribution is -2.61. The molecular formula is C85H55BN8. The quantitative estimate of drug-likeness (QED) is 0.119. The molecule has 2 aliphatic heterocycles. The van der Waals surface area contributed by atoms with Gasteiger partial charge in [-0.2, -0.15) is 0 Å². The van der Waals surface area contributed by atoms with Crippen molar-refractivity contribution in [2.45, 2.75) is 0 Å². The van der Waals surface area contributed by atoms with Crippen molar-refractivity contribution in [2.75, 3.05) is 9.80 Å². The molecular weight excluding hydrogens is 1140 g/mol. The Morgan fingerprint density at radius 2 is 0.670 bits per heavy atom. The molecule has 94 heavy (non-hydrogen) atoms. The highest BCUT2D eigenvalue weighted by molar-refractivity contribution is 7.00. The molecule has 0 amide bonds. The van der Waals surface area contributed by atoms with Gasteiger partial charge in [-0.05, 0) is 136 Å². The van der Waals surface area contributed by atoms with Crippen LogP contribution >= 0.6 is 0 Å². The topological polar surface area (TPSA) is 75.9 Å². The molecule has 2 aliphatic rings. The second kappa shape index (κ2) is 22.7. The van der Waals surface area contributed by atoms with E-state index < -0.39 is 0 Å². The summed E-state index contributed by atoms with van der Waals surface area (Å²) < 4.78 is 2.37. The van der Waals surface area contributed by atoms with Gasteiger partial charge in [-0.15, -0.1) is 0 Å². The number of nitrogens with zero attached hydrogens (tertiary/aromatic N) is 8. The lowest BCUT2D eigenvalue weighted by atomic mass is 9.33. The zero-order valence-electron chi connectivity index (χ0n) is 50.9. The number of para-hydroxylation sites is 4. The van der Waals surface area contributed by atoms with E-state index in [1.165, 1.54) is 39.1 Å². The van der Waals surface area contributed by atoms with Gasteiger partial charge >= 0.3 is 0 Å². The summed E-state index contributed by atoms with van der Waals surface area (Å²) in [7, 11) is 0. The number of hydrogen-bond donors (Lipinski definition) is 0. The Morgan fingerprint density at radius 1 is 0.234 bits per heavy atom. The van der Waals surface area contributed by atoms with Gasteiger partial charge in [-0.3, -0.25) is 0 Å². The maximum Gasteiger partial charge on any atom is 0.252 e. The zero-order valence-corrected chi connectivity index (χ0v) is 50.9. The average molecular weight is 1200 g/mol. The van der Waals surface area contributed by atoms with Gasteiger partial charge in [0.1, 0.15) is 0 Å². The van der Waals surface area contributed by atoms with Crippen molar-refractivity contribution in [1.29, 1.82) is 0 Å². The van der Waals surface area contributed by atoms with Crippen molar-refractivity contribution in [3.05, 3.63) is 334 Å². The van der Waals surface area contributed by atoms with Gasteiger partial charge in [-0.25, -0.2) is 24.9 Å². The van der Waals surface area contributed by atoms with Gasteiger partial charge in [0.25, 0.3) is 6.71 Å². The molecule has 3 aromatic heterocycles. The molecule has 438 valence electrons. The summed E-state index contributed by atoms with van der Waals surface area (Å²) in [6, 6.07) is 118. The highest BCUT2D eigenvalue weighted by atomic mass is 15.2. The van der Waals surface area contributed by atoms with E-state index in [-0.39, 0.29) is 6.71 Å². The Bertz CT molecular complexity index is 5510. The molecule has 13 aromatic carbocycles. The first-order chi connectivity index (χ1) is 46.6. The molecule has 0 unspecified atom stereocenters. The van der Waals surface area contributed by atoms with E-state index in [0.29, 0.717) is 23.3 Å². The number of benzene rings is 13. The predicted octanol–water partition coefficient (Wildman–Crippen LogP) is 19.2. The monoisotopic (exact) mass is 1200 g/mol. The van der Waals surface area contributed by atoms with Crippen LogP contribution in [0, 0.1) is 0 Å². The summed E-state index contributed by atoms with van der Waals surface area (Å²) in [6.07, 6.45) is 0. The molecule has 8 nitrogen and oxygen atoms in total. The largest absolute Gasteiger partial charge is 0.311 e. The highest BCUT2D eigenvalue weighted by Crippen LogP contribution is 2.45. The third kappa shape index (κ3) is 9.36. The minimum absolute atomic E-state index is 0.0659. The summed E-state index contributed by atoms with van der Waals surface area (Å²) in [4.78, 5) is 31.7. The standard InChI is InChI=1S/C85H55BN8/c1-6-24-56(25-7-1)62-46-50-75-68(53-62)67-36-16-19-39-74(67)94(75)76-51-47-64(84-90-82(59-28-10-3-11-29-59)89-83(91-84)60-30-12-4-13-31-60)54-69(76)85-87-72(58-26-8-2-9-27-58)55-73(88-85)63-33-22-32-61(52-63)57-44-48-66(49-45-57)93-78-41-21-18-38-71(78)86-70-37-17-20-40-77(70)92(65-34-14-5-15-35-65)79-42-23-43-80(93)81(79)86/h1-55H. The molecule has 0 fully saturated rings. The fourth-order valence-corrected chi connectivity index (χ4v) is 14.1. The normalized spacial score (nSPS) is 12.2. The molecule has 0 aliphatic carbocycles. The van der Waals surface area contributed by atoms with Crippen LogP contribution < -0.4 is 26.2 Å². The van der Waals surface area contributed by atoms with Crippen LogP contribution in [0.3, 0.4) is 0 Å². The maximum absolute atomic E-state index is 5.68. The molecule has 9 heteroatoms. The van der Waals surface area contributed by atoms with Crippen molar-refractivity contribution in [3.63, 3.8) is 0 Å². The van der Waals surface area contributed by atoms with Crippen LogP contribution in [0.5, 0.6) is 0 Å². The summed E-state index contributed by atoms with van der Waals surface area (Å²) in [5.74, 6) is 2.25. The van der Waals surface area contributed by atoms with Crippen molar-refractivity contribution in [2.24, 2.45) is 0 Å². The lowest BCUT2D eigenvalue weighted by molar-refractivity contribution is 1.07. The third-order valence-electron chi connectivity index (χ3n) is 18.5. The summed E-state index contributed by atoms with van der Waals surface area (Å²) >= 11 is 0. The van der Waals surface area contributed by atoms with Crippen LogP contribution in [-0.2, 0) is 0 Å². The molecule has 0 bridgehead atoms. The molecule has 0 atom stereocenters. The van der Waals surface area contributed by atoms with E-state index in [2.05, 4.69) is 281 Å². The van der Waals surface area contributed by atoms with Gasteiger partial charge in [-0.1, -0.05) is 237 Å². The zero-order chi connectivity index (χ0) is 62.1. The van der Waals surface area contributed by atoms with E-state index in [4.69, 9.17) is 24.9 Å².